The van der Waals surface area contributed by atoms with Gasteiger partial charge in [-0.1, -0.05) is 54.6 Å². The molecule has 0 spiro atoms. The third-order valence-corrected chi connectivity index (χ3v) is 4.99. The van der Waals surface area contributed by atoms with Crippen molar-refractivity contribution in [3.8, 4) is 11.4 Å². The van der Waals surface area contributed by atoms with Crippen molar-refractivity contribution in [1.82, 2.24) is 15.1 Å². The molecule has 0 aliphatic rings. The Morgan fingerprint density at radius 1 is 1.00 bits per heavy atom. The van der Waals surface area contributed by atoms with Crippen LogP contribution in [0.5, 0.6) is 0 Å². The molecule has 32 heavy (non-hydrogen) atoms. The Balaban J connectivity index is 1.58. The molecule has 0 fully saturated rings. The highest BCUT2D eigenvalue weighted by atomic mass is 32.1. The number of hydrogen-bond donors (Lipinski definition) is 2. The number of nitrogens with one attached hydrogen (secondary N) is 2. The number of aromatic nitrogens is 2. The summed E-state index contributed by atoms with van der Waals surface area (Å²) in [5, 5.41) is 4.84. The zero-order chi connectivity index (χ0) is 22.5. The molecule has 0 radical (unpaired) electrons. The van der Waals surface area contributed by atoms with Crippen LogP contribution in [0.15, 0.2) is 88.8 Å². The van der Waals surface area contributed by atoms with Gasteiger partial charge in [0.15, 0.2) is 5.82 Å². The largest absolute Gasteiger partial charge is 0.378 e. The molecule has 7 nitrogen and oxygen atoms in total. The highest BCUT2D eigenvalue weighted by Crippen LogP contribution is 2.17. The van der Waals surface area contributed by atoms with E-state index in [1.165, 1.54) is 4.68 Å². The van der Waals surface area contributed by atoms with Crippen molar-refractivity contribution in [2.75, 3.05) is 24.4 Å². The van der Waals surface area contributed by atoms with Gasteiger partial charge in [0.25, 0.3) is 5.56 Å². The van der Waals surface area contributed by atoms with E-state index >= 15 is 0 Å². The highest BCUT2D eigenvalue weighted by molar-refractivity contribution is 7.80. The monoisotopic (exact) mass is 442 g/mol. The smallest absolute Gasteiger partial charge is 0.280 e. The molecule has 2 N–H and O–H groups in total. The van der Waals surface area contributed by atoms with E-state index in [1.54, 1.807) is 18.3 Å². The summed E-state index contributed by atoms with van der Waals surface area (Å²) in [6, 6.07) is 24.6. The van der Waals surface area contributed by atoms with Crippen molar-refractivity contribution in [3.63, 3.8) is 0 Å². The van der Waals surface area contributed by atoms with Crippen LogP contribution in [0.3, 0.4) is 0 Å². The van der Waals surface area contributed by atoms with Crippen LogP contribution in [0.2, 0.25) is 0 Å². The second kappa shape index (κ2) is 9.40. The number of hydrazone groups is 1. The fraction of sp³-hybridized carbons (Fsp3) is 0.0833. The molecule has 1 heterocycles. The molecule has 0 atom stereocenters. The summed E-state index contributed by atoms with van der Waals surface area (Å²) >= 11 is 5.37. The minimum atomic E-state index is -0.248. The Kier molecular flexibility index (Phi) is 6.23. The van der Waals surface area contributed by atoms with Crippen LogP contribution < -0.4 is 21.3 Å². The average Bonchev–Trinajstić information content (AvgIpc) is 2.81. The molecule has 0 saturated heterocycles. The van der Waals surface area contributed by atoms with Crippen LogP contribution in [0.25, 0.3) is 22.3 Å². The summed E-state index contributed by atoms with van der Waals surface area (Å²) in [5.41, 5.74) is 8.86. The Morgan fingerprint density at radius 3 is 2.41 bits per heavy atom. The summed E-state index contributed by atoms with van der Waals surface area (Å²) in [5.74, 6) is 0.460. The number of fused-ring (bicyclic) bond motifs is 1. The zero-order valence-corrected chi connectivity index (χ0v) is 18.5. The normalized spacial score (nSPS) is 10.9. The molecule has 0 aliphatic heterocycles. The Bertz CT molecular complexity index is 1330. The Labute approximate surface area is 191 Å². The topological polar surface area (TPSA) is 74.5 Å². The molecule has 3 aromatic carbocycles. The van der Waals surface area contributed by atoms with Gasteiger partial charge >= 0.3 is 0 Å². The molecular formula is C24H22N6OS. The SMILES string of the molecule is CN(C)c1ccc(/C=N/NC(=S)Nn2c(-c3ccccc3)nc3ccccc3c2=O)cc1. The van der Waals surface area contributed by atoms with E-state index in [4.69, 9.17) is 12.2 Å². The summed E-state index contributed by atoms with van der Waals surface area (Å²) in [6.07, 6.45) is 1.66. The molecule has 0 unspecified atom stereocenters. The van der Waals surface area contributed by atoms with Gasteiger partial charge in [-0.25, -0.2) is 4.98 Å². The van der Waals surface area contributed by atoms with Crippen LogP contribution >= 0.6 is 12.2 Å². The molecule has 4 aromatic rings. The fourth-order valence-electron chi connectivity index (χ4n) is 3.17. The molecule has 160 valence electrons. The fourth-order valence-corrected chi connectivity index (χ4v) is 3.31. The second-order valence-electron chi connectivity index (χ2n) is 7.26. The summed E-state index contributed by atoms with van der Waals surface area (Å²) in [6.45, 7) is 0. The number of anilines is 1. The first-order valence-corrected chi connectivity index (χ1v) is 10.4. The Hall–Kier alpha value is -4.04. The van der Waals surface area contributed by atoms with Crippen molar-refractivity contribution in [1.29, 1.82) is 0 Å². The van der Waals surface area contributed by atoms with Gasteiger partial charge in [0.1, 0.15) is 0 Å². The number of thiocarbonyl (C=S) groups is 1. The van der Waals surface area contributed by atoms with Crippen LogP contribution in [0.1, 0.15) is 5.56 Å². The minimum absolute atomic E-state index is 0.169. The first-order chi connectivity index (χ1) is 15.5. The maximum atomic E-state index is 13.2. The van der Waals surface area contributed by atoms with Crippen LogP contribution in [0, 0.1) is 0 Å². The molecule has 4 rings (SSSR count). The predicted octanol–water partition coefficient (Wildman–Crippen LogP) is 3.58. The quantitative estimate of drug-likeness (QED) is 0.280. The summed E-state index contributed by atoms with van der Waals surface area (Å²) in [4.78, 5) is 19.9. The summed E-state index contributed by atoms with van der Waals surface area (Å²) in [7, 11) is 3.98. The molecule has 0 bridgehead atoms. The van der Waals surface area contributed by atoms with Crippen molar-refractivity contribution >= 4 is 40.1 Å². The molecular weight excluding hydrogens is 420 g/mol. The van der Waals surface area contributed by atoms with Crippen LogP contribution in [0.4, 0.5) is 5.69 Å². The van der Waals surface area contributed by atoms with Gasteiger partial charge in [-0.05, 0) is 42.0 Å². The van der Waals surface area contributed by atoms with E-state index in [9.17, 15) is 4.79 Å². The lowest BCUT2D eigenvalue weighted by Gasteiger charge is -2.15. The molecule has 0 amide bonds. The van der Waals surface area contributed by atoms with Gasteiger partial charge in [-0.15, -0.1) is 0 Å². The van der Waals surface area contributed by atoms with E-state index < -0.39 is 0 Å². The van der Waals surface area contributed by atoms with Gasteiger partial charge in [-0.2, -0.15) is 9.78 Å². The van der Waals surface area contributed by atoms with E-state index in [0.29, 0.717) is 16.7 Å². The number of para-hydroxylation sites is 1. The van der Waals surface area contributed by atoms with E-state index in [1.807, 2.05) is 85.7 Å². The lowest BCUT2D eigenvalue weighted by molar-refractivity contribution is 0.886. The molecule has 1 aromatic heterocycles. The van der Waals surface area contributed by atoms with Crippen molar-refractivity contribution in [2.24, 2.45) is 5.10 Å². The van der Waals surface area contributed by atoms with Crippen molar-refractivity contribution in [2.45, 2.75) is 0 Å². The number of rotatable bonds is 5. The summed E-state index contributed by atoms with van der Waals surface area (Å²) < 4.78 is 1.34. The van der Waals surface area contributed by atoms with E-state index in [-0.39, 0.29) is 10.7 Å². The number of nitrogens with zero attached hydrogens (tertiary/aromatic N) is 4. The van der Waals surface area contributed by atoms with Crippen LogP contribution in [-0.2, 0) is 0 Å². The number of hydrogen-bond acceptors (Lipinski definition) is 5. The third-order valence-electron chi connectivity index (χ3n) is 4.81. The predicted molar refractivity (Wildman–Crippen MR) is 135 cm³/mol. The van der Waals surface area contributed by atoms with Crippen molar-refractivity contribution < 1.29 is 0 Å². The van der Waals surface area contributed by atoms with Crippen molar-refractivity contribution in [3.05, 3.63) is 94.8 Å². The van der Waals surface area contributed by atoms with Gasteiger partial charge in [-0.3, -0.25) is 15.6 Å². The van der Waals surface area contributed by atoms with Crippen LogP contribution in [-0.4, -0.2) is 35.1 Å². The van der Waals surface area contributed by atoms with Gasteiger partial charge < -0.3 is 4.90 Å². The maximum Gasteiger partial charge on any atom is 0.280 e. The van der Waals surface area contributed by atoms with E-state index in [0.717, 1.165) is 16.8 Å². The first-order valence-electron chi connectivity index (χ1n) is 9.97. The zero-order valence-electron chi connectivity index (χ0n) is 17.7. The molecule has 0 saturated carbocycles. The Morgan fingerprint density at radius 2 is 1.69 bits per heavy atom. The van der Waals surface area contributed by atoms with Gasteiger partial charge in [0.2, 0.25) is 5.11 Å². The number of benzene rings is 3. The lowest BCUT2D eigenvalue weighted by atomic mass is 10.2. The van der Waals surface area contributed by atoms with E-state index in [2.05, 4.69) is 20.9 Å². The molecule has 0 aliphatic carbocycles. The lowest BCUT2D eigenvalue weighted by Crippen LogP contribution is -2.39. The standard InChI is InChI=1S/C24H22N6OS/c1-29(2)19-14-12-17(13-15-19)16-25-27-24(32)28-30-22(18-8-4-3-5-9-18)26-21-11-7-6-10-20(21)23(30)31/h3-16H,1-2H3,(H2,27,28,32)/b25-16+. The second-order valence-corrected chi connectivity index (χ2v) is 7.66. The average molecular weight is 443 g/mol. The minimum Gasteiger partial charge on any atom is -0.378 e. The third kappa shape index (κ3) is 4.65. The van der Waals surface area contributed by atoms with Gasteiger partial charge in [0.05, 0.1) is 17.1 Å². The first kappa shape index (κ1) is 21.2. The maximum absolute atomic E-state index is 13.2. The highest BCUT2D eigenvalue weighted by Gasteiger charge is 2.13. The van der Waals surface area contributed by atoms with Gasteiger partial charge in [0, 0.05) is 25.3 Å². The molecule has 8 heteroatoms.